The number of methoxy groups -OCH3 is 1. The molecule has 0 aliphatic heterocycles. The van der Waals surface area contributed by atoms with Crippen molar-refractivity contribution in [3.05, 3.63) is 24.0 Å². The van der Waals surface area contributed by atoms with Gasteiger partial charge in [-0.25, -0.2) is 9.97 Å². The van der Waals surface area contributed by atoms with Crippen molar-refractivity contribution in [2.75, 3.05) is 13.4 Å². The van der Waals surface area contributed by atoms with Gasteiger partial charge in [0, 0.05) is 17.0 Å². The van der Waals surface area contributed by atoms with Crippen molar-refractivity contribution in [1.82, 2.24) is 19.7 Å². The zero-order valence-electron chi connectivity index (χ0n) is 14.3. The molecule has 2 heterocycles. The second-order valence-corrected chi connectivity index (χ2v) is 7.03. The smallest absolute Gasteiger partial charge is 0.308 e. The largest absolute Gasteiger partial charge is 0.469 e. The predicted octanol–water partition coefficient (Wildman–Crippen LogP) is 1.92. The van der Waals surface area contributed by atoms with Crippen molar-refractivity contribution in [1.29, 1.82) is 0 Å². The monoisotopic (exact) mass is 371 g/mol. The number of esters is 1. The Kier molecular flexibility index (Phi) is 4.03. The number of aromatic nitrogens is 4. The predicted molar refractivity (Wildman–Crippen MR) is 96.9 cm³/mol. The molecule has 1 amide bonds. The van der Waals surface area contributed by atoms with Gasteiger partial charge in [-0.15, -0.1) is 0 Å². The van der Waals surface area contributed by atoms with E-state index >= 15 is 0 Å². The molecule has 4 rings (SSSR count). The molecule has 9 heteroatoms. The number of amides is 1. The summed E-state index contributed by atoms with van der Waals surface area (Å²) in [7, 11) is 1.39. The van der Waals surface area contributed by atoms with Crippen LogP contribution in [0, 0.1) is 5.92 Å². The molecule has 0 radical (unpaired) electrons. The van der Waals surface area contributed by atoms with Gasteiger partial charge in [0.05, 0.1) is 24.6 Å². The van der Waals surface area contributed by atoms with Crippen LogP contribution >= 0.6 is 11.8 Å². The van der Waals surface area contributed by atoms with E-state index in [2.05, 4.69) is 15.1 Å². The molecule has 8 nitrogen and oxygen atoms in total. The minimum Gasteiger partial charge on any atom is -0.469 e. The standard InChI is InChI=1S/C17H17N5O3S/c1-25-16(24)9-5-10(6-9)22-14-11(13(21-22)15(18)23)4-3-8-7-19-17(26-2)20-12(8)14/h3-4,7,9-10H,5-6H2,1-2H3,(H2,18,23). The minimum atomic E-state index is -0.587. The van der Waals surface area contributed by atoms with Gasteiger partial charge in [0.25, 0.3) is 5.91 Å². The summed E-state index contributed by atoms with van der Waals surface area (Å²) in [4.78, 5) is 32.5. The van der Waals surface area contributed by atoms with Crippen LogP contribution in [0.3, 0.4) is 0 Å². The normalized spacial score (nSPS) is 19.5. The van der Waals surface area contributed by atoms with E-state index in [-0.39, 0.29) is 23.6 Å². The number of fused-ring (bicyclic) bond motifs is 3. The SMILES string of the molecule is COC(=O)C1CC(n2nc(C(N)=O)c3ccc4cnc(SC)nc4c32)C1. The van der Waals surface area contributed by atoms with E-state index < -0.39 is 5.91 Å². The van der Waals surface area contributed by atoms with Gasteiger partial charge < -0.3 is 10.5 Å². The number of carbonyl (C=O) groups excluding carboxylic acids is 2. The molecule has 2 N–H and O–H groups in total. The van der Waals surface area contributed by atoms with Crippen LogP contribution in [0.2, 0.25) is 0 Å². The number of primary amides is 1. The lowest BCUT2D eigenvalue weighted by molar-refractivity contribution is -0.149. The summed E-state index contributed by atoms with van der Waals surface area (Å²) in [5, 5.41) is 6.62. The minimum absolute atomic E-state index is 0.00649. The van der Waals surface area contributed by atoms with Crippen molar-refractivity contribution in [3.63, 3.8) is 0 Å². The lowest BCUT2D eigenvalue weighted by Crippen LogP contribution is -2.33. The topological polar surface area (TPSA) is 113 Å². The van der Waals surface area contributed by atoms with Gasteiger partial charge >= 0.3 is 5.97 Å². The van der Waals surface area contributed by atoms with Gasteiger partial charge in [0.15, 0.2) is 10.9 Å². The van der Waals surface area contributed by atoms with Crippen LogP contribution in [0.4, 0.5) is 0 Å². The van der Waals surface area contributed by atoms with E-state index in [1.807, 2.05) is 18.4 Å². The van der Waals surface area contributed by atoms with Gasteiger partial charge in [-0.3, -0.25) is 14.3 Å². The van der Waals surface area contributed by atoms with Crippen LogP contribution in [0.25, 0.3) is 21.8 Å². The molecule has 1 aromatic carbocycles. The van der Waals surface area contributed by atoms with E-state index in [1.54, 1.807) is 10.9 Å². The summed E-state index contributed by atoms with van der Waals surface area (Å²) in [5.74, 6) is -0.951. The molecular formula is C17H17N5O3S. The van der Waals surface area contributed by atoms with Gasteiger partial charge in [-0.05, 0) is 25.2 Å². The van der Waals surface area contributed by atoms with Crippen LogP contribution in [0.15, 0.2) is 23.5 Å². The Morgan fingerprint density at radius 3 is 2.77 bits per heavy atom. The summed E-state index contributed by atoms with van der Waals surface area (Å²) in [6, 6.07) is 3.67. The maximum absolute atomic E-state index is 11.9. The van der Waals surface area contributed by atoms with Crippen molar-refractivity contribution in [2.45, 2.75) is 24.0 Å². The highest BCUT2D eigenvalue weighted by atomic mass is 32.2. The molecule has 2 aromatic heterocycles. The fraction of sp³-hybridized carbons (Fsp3) is 0.353. The molecule has 1 fully saturated rings. The molecule has 0 atom stereocenters. The first-order valence-corrected chi connectivity index (χ1v) is 9.35. The number of rotatable bonds is 4. The first-order valence-electron chi connectivity index (χ1n) is 8.13. The van der Waals surface area contributed by atoms with E-state index in [9.17, 15) is 9.59 Å². The number of nitrogens with zero attached hydrogens (tertiary/aromatic N) is 4. The Morgan fingerprint density at radius 1 is 1.35 bits per heavy atom. The third kappa shape index (κ3) is 2.50. The number of benzene rings is 1. The highest BCUT2D eigenvalue weighted by molar-refractivity contribution is 7.98. The third-order valence-electron chi connectivity index (χ3n) is 4.81. The van der Waals surface area contributed by atoms with Crippen LogP contribution in [0.1, 0.15) is 29.4 Å². The van der Waals surface area contributed by atoms with Crippen LogP contribution in [0.5, 0.6) is 0 Å². The molecule has 0 unspecified atom stereocenters. The molecule has 26 heavy (non-hydrogen) atoms. The lowest BCUT2D eigenvalue weighted by Gasteiger charge is -2.33. The van der Waals surface area contributed by atoms with Gasteiger partial charge in [0.1, 0.15) is 5.52 Å². The molecule has 1 aliphatic carbocycles. The van der Waals surface area contributed by atoms with Crippen LogP contribution < -0.4 is 5.73 Å². The second kappa shape index (κ2) is 6.24. The average molecular weight is 371 g/mol. The Labute approximate surface area is 153 Å². The van der Waals surface area contributed by atoms with E-state index in [4.69, 9.17) is 10.5 Å². The quantitative estimate of drug-likeness (QED) is 0.423. The molecule has 0 spiro atoms. The lowest BCUT2D eigenvalue weighted by atomic mass is 9.80. The highest BCUT2D eigenvalue weighted by Crippen LogP contribution is 2.41. The first-order chi connectivity index (χ1) is 12.5. The highest BCUT2D eigenvalue weighted by Gasteiger charge is 2.38. The zero-order valence-corrected chi connectivity index (χ0v) is 15.1. The van der Waals surface area contributed by atoms with Crippen molar-refractivity contribution < 1.29 is 14.3 Å². The number of carbonyl (C=O) groups is 2. The number of hydrogen-bond acceptors (Lipinski definition) is 7. The molecule has 134 valence electrons. The van der Waals surface area contributed by atoms with Crippen LogP contribution in [-0.4, -0.2) is 45.0 Å². The number of hydrogen-bond donors (Lipinski definition) is 1. The van der Waals surface area contributed by atoms with Crippen molar-refractivity contribution >= 4 is 45.4 Å². The summed E-state index contributed by atoms with van der Waals surface area (Å²) in [6.07, 6.45) is 4.88. The van der Waals surface area contributed by atoms with Gasteiger partial charge in [0.2, 0.25) is 0 Å². The van der Waals surface area contributed by atoms with Crippen molar-refractivity contribution in [3.8, 4) is 0 Å². The third-order valence-corrected chi connectivity index (χ3v) is 5.37. The molecular weight excluding hydrogens is 354 g/mol. The van der Waals surface area contributed by atoms with Crippen molar-refractivity contribution in [2.24, 2.45) is 11.7 Å². The molecule has 0 saturated heterocycles. The molecule has 3 aromatic rings. The van der Waals surface area contributed by atoms with Gasteiger partial charge in [-0.2, -0.15) is 5.10 Å². The maximum atomic E-state index is 11.9. The molecule has 1 aliphatic rings. The Balaban J connectivity index is 1.90. The summed E-state index contributed by atoms with van der Waals surface area (Å²) in [6.45, 7) is 0. The number of ether oxygens (including phenoxy) is 1. The second-order valence-electron chi connectivity index (χ2n) is 6.26. The Morgan fingerprint density at radius 2 is 2.12 bits per heavy atom. The fourth-order valence-electron chi connectivity index (χ4n) is 3.39. The average Bonchev–Trinajstić information content (AvgIpc) is 2.99. The maximum Gasteiger partial charge on any atom is 0.308 e. The summed E-state index contributed by atoms with van der Waals surface area (Å²) >= 11 is 1.44. The van der Waals surface area contributed by atoms with Crippen LogP contribution in [-0.2, 0) is 9.53 Å². The summed E-state index contributed by atoms with van der Waals surface area (Å²) < 4.78 is 6.59. The molecule has 1 saturated carbocycles. The Bertz CT molecular complexity index is 1040. The van der Waals surface area contributed by atoms with E-state index in [0.29, 0.717) is 23.4 Å². The Hall–Kier alpha value is -2.68. The summed E-state index contributed by atoms with van der Waals surface area (Å²) in [5.41, 5.74) is 7.22. The number of nitrogens with two attached hydrogens (primary N) is 1. The van der Waals surface area contributed by atoms with Gasteiger partial charge in [-0.1, -0.05) is 17.8 Å². The van der Waals surface area contributed by atoms with E-state index in [1.165, 1.54) is 18.9 Å². The zero-order chi connectivity index (χ0) is 18.4. The molecule has 0 bridgehead atoms. The number of thioether (sulfide) groups is 1. The fourth-order valence-corrected chi connectivity index (χ4v) is 3.73. The first kappa shape index (κ1) is 16.8. The van der Waals surface area contributed by atoms with E-state index in [0.717, 1.165) is 16.4 Å².